The number of pyridine rings is 1. The molecule has 0 fully saturated rings. The molecule has 0 aliphatic carbocycles. The number of aromatic nitrogens is 2. The average Bonchev–Trinajstić information content (AvgIpc) is 3.40. The van der Waals surface area contributed by atoms with Crippen molar-refractivity contribution in [3.8, 4) is 22.8 Å². The average molecular weight is 392 g/mol. The number of nitrogens with one attached hydrogen (secondary N) is 1. The zero-order valence-corrected chi connectivity index (χ0v) is 15.8. The first-order valence-corrected chi connectivity index (χ1v) is 8.97. The van der Waals surface area contributed by atoms with Crippen LogP contribution >= 0.6 is 0 Å². The summed E-state index contributed by atoms with van der Waals surface area (Å²) < 4.78 is 17.9. The number of carbonyl (C=O) groups excluding carboxylic acids is 1. The Hall–Kier alpha value is -3.94. The topological polar surface area (TPSA) is 104 Å². The maximum atomic E-state index is 12.0. The number of nitrogen functional groups attached to an aromatic ring is 1. The van der Waals surface area contributed by atoms with Crippen LogP contribution in [0.1, 0.15) is 5.76 Å². The Morgan fingerprint density at radius 3 is 2.90 bits per heavy atom. The van der Waals surface area contributed by atoms with E-state index in [-0.39, 0.29) is 12.5 Å². The van der Waals surface area contributed by atoms with Gasteiger partial charge in [-0.25, -0.2) is 4.98 Å². The lowest BCUT2D eigenvalue weighted by molar-refractivity contribution is -0.123. The summed E-state index contributed by atoms with van der Waals surface area (Å²) in [5.41, 5.74) is 8.73. The molecule has 1 amide bonds. The Bertz CT molecular complexity index is 1140. The number of nitrogens with two attached hydrogens (primary N) is 1. The van der Waals surface area contributed by atoms with Crippen LogP contribution in [0.4, 0.5) is 5.69 Å². The van der Waals surface area contributed by atoms with Crippen LogP contribution in [0, 0.1) is 0 Å². The van der Waals surface area contributed by atoms with Gasteiger partial charge in [-0.3, -0.25) is 4.79 Å². The molecular weight excluding hydrogens is 372 g/mol. The van der Waals surface area contributed by atoms with Crippen molar-refractivity contribution in [3.05, 3.63) is 66.9 Å². The molecule has 4 rings (SSSR count). The molecule has 0 spiro atoms. The number of imidazole rings is 1. The second-order valence-electron chi connectivity index (χ2n) is 6.33. The molecular formula is C21H20N4O4. The summed E-state index contributed by atoms with van der Waals surface area (Å²) in [5, 5.41) is 2.74. The predicted octanol–water partition coefficient (Wildman–Crippen LogP) is 2.88. The summed E-state index contributed by atoms with van der Waals surface area (Å²) in [5.74, 6) is 1.55. The molecule has 8 heteroatoms. The lowest BCUT2D eigenvalue weighted by atomic mass is 10.1. The van der Waals surface area contributed by atoms with Gasteiger partial charge in [0.15, 0.2) is 18.0 Å². The number of benzene rings is 1. The molecule has 0 unspecified atom stereocenters. The Balaban J connectivity index is 1.49. The predicted molar refractivity (Wildman–Crippen MR) is 108 cm³/mol. The Morgan fingerprint density at radius 1 is 1.24 bits per heavy atom. The first-order chi connectivity index (χ1) is 14.1. The molecule has 8 nitrogen and oxygen atoms in total. The van der Waals surface area contributed by atoms with Crippen LogP contribution in [-0.2, 0) is 11.3 Å². The molecule has 0 radical (unpaired) electrons. The van der Waals surface area contributed by atoms with Gasteiger partial charge in [0, 0.05) is 18.0 Å². The highest BCUT2D eigenvalue weighted by molar-refractivity contribution is 5.78. The highest BCUT2D eigenvalue weighted by Gasteiger charge is 2.12. The quantitative estimate of drug-likeness (QED) is 0.469. The van der Waals surface area contributed by atoms with Crippen LogP contribution < -0.4 is 20.5 Å². The molecule has 3 N–H and O–H groups in total. The van der Waals surface area contributed by atoms with Gasteiger partial charge in [0.2, 0.25) is 0 Å². The lowest BCUT2D eigenvalue weighted by Crippen LogP contribution is -2.28. The molecule has 0 atom stereocenters. The van der Waals surface area contributed by atoms with Crippen LogP contribution in [0.5, 0.6) is 11.5 Å². The number of carbonyl (C=O) groups is 1. The molecule has 0 saturated heterocycles. The van der Waals surface area contributed by atoms with E-state index in [0.29, 0.717) is 35.1 Å². The van der Waals surface area contributed by atoms with Crippen LogP contribution in [-0.4, -0.2) is 29.0 Å². The van der Waals surface area contributed by atoms with Gasteiger partial charge >= 0.3 is 0 Å². The van der Waals surface area contributed by atoms with Crippen molar-refractivity contribution >= 4 is 17.2 Å². The number of anilines is 1. The van der Waals surface area contributed by atoms with Crippen LogP contribution in [0.3, 0.4) is 0 Å². The van der Waals surface area contributed by atoms with E-state index in [4.69, 9.17) is 19.6 Å². The van der Waals surface area contributed by atoms with E-state index in [1.165, 1.54) is 0 Å². The minimum absolute atomic E-state index is 0.127. The lowest BCUT2D eigenvalue weighted by Gasteiger charge is -2.07. The van der Waals surface area contributed by atoms with E-state index in [0.717, 1.165) is 11.3 Å². The van der Waals surface area contributed by atoms with Gasteiger partial charge in [0.05, 0.1) is 31.3 Å². The molecule has 0 aliphatic heterocycles. The number of furan rings is 1. The standard InChI is InChI=1S/C21H20N4O4/c1-27-18-7-6-14(10-16(18)22)17-12-25-8-2-5-19(21(25)24-17)29-13-20(26)23-11-15-4-3-9-28-15/h2-10,12H,11,13,22H2,1H3,(H,23,26). The van der Waals surface area contributed by atoms with Crippen molar-refractivity contribution in [2.75, 3.05) is 19.5 Å². The van der Waals surface area contributed by atoms with E-state index >= 15 is 0 Å². The van der Waals surface area contributed by atoms with E-state index in [9.17, 15) is 4.79 Å². The third kappa shape index (κ3) is 4.01. The van der Waals surface area contributed by atoms with E-state index < -0.39 is 0 Å². The second-order valence-corrected chi connectivity index (χ2v) is 6.33. The molecule has 4 aromatic rings. The fourth-order valence-corrected chi connectivity index (χ4v) is 2.93. The molecule has 0 aliphatic rings. The van der Waals surface area contributed by atoms with Crippen molar-refractivity contribution < 1.29 is 18.7 Å². The summed E-state index contributed by atoms with van der Waals surface area (Å²) in [7, 11) is 1.57. The van der Waals surface area contributed by atoms with E-state index in [2.05, 4.69) is 10.3 Å². The zero-order chi connectivity index (χ0) is 20.2. The Kier molecular flexibility index (Phi) is 5.07. The number of nitrogens with zero attached hydrogens (tertiary/aromatic N) is 2. The number of rotatable bonds is 7. The van der Waals surface area contributed by atoms with Gasteiger partial charge in [0.1, 0.15) is 11.5 Å². The molecule has 148 valence electrons. The van der Waals surface area contributed by atoms with Crippen LogP contribution in [0.2, 0.25) is 0 Å². The maximum absolute atomic E-state index is 12.0. The number of hydrogen-bond acceptors (Lipinski definition) is 6. The molecule has 0 saturated carbocycles. The second kappa shape index (κ2) is 7.97. The Labute approximate surface area is 166 Å². The smallest absolute Gasteiger partial charge is 0.258 e. The third-order valence-electron chi connectivity index (χ3n) is 4.37. The fourth-order valence-electron chi connectivity index (χ4n) is 2.93. The first-order valence-electron chi connectivity index (χ1n) is 8.97. The van der Waals surface area contributed by atoms with Crippen molar-refractivity contribution in [2.24, 2.45) is 0 Å². The number of amides is 1. The maximum Gasteiger partial charge on any atom is 0.258 e. The number of hydrogen-bond donors (Lipinski definition) is 2. The van der Waals surface area contributed by atoms with Crippen molar-refractivity contribution in [1.29, 1.82) is 0 Å². The summed E-state index contributed by atoms with van der Waals surface area (Å²) in [6.45, 7) is 0.184. The zero-order valence-electron chi connectivity index (χ0n) is 15.8. The third-order valence-corrected chi connectivity index (χ3v) is 4.37. The highest BCUT2D eigenvalue weighted by atomic mass is 16.5. The minimum Gasteiger partial charge on any atom is -0.495 e. The summed E-state index contributed by atoms with van der Waals surface area (Å²) in [4.78, 5) is 16.7. The van der Waals surface area contributed by atoms with Crippen LogP contribution in [0.15, 0.2) is 65.5 Å². The van der Waals surface area contributed by atoms with E-state index in [1.807, 2.05) is 35.0 Å². The summed E-state index contributed by atoms with van der Waals surface area (Å²) in [6.07, 6.45) is 5.30. The van der Waals surface area contributed by atoms with Gasteiger partial charge < -0.3 is 29.3 Å². The Morgan fingerprint density at radius 2 is 2.14 bits per heavy atom. The minimum atomic E-state index is -0.252. The van der Waals surface area contributed by atoms with Gasteiger partial charge in [-0.15, -0.1) is 0 Å². The van der Waals surface area contributed by atoms with E-state index in [1.54, 1.807) is 37.6 Å². The van der Waals surface area contributed by atoms with Crippen molar-refractivity contribution in [2.45, 2.75) is 6.54 Å². The molecule has 3 aromatic heterocycles. The molecule has 29 heavy (non-hydrogen) atoms. The number of methoxy groups -OCH3 is 1. The summed E-state index contributed by atoms with van der Waals surface area (Å²) >= 11 is 0. The SMILES string of the molecule is COc1ccc(-c2cn3cccc(OCC(=O)NCc4ccco4)c3n2)cc1N. The first kappa shape index (κ1) is 18.4. The normalized spacial score (nSPS) is 10.8. The van der Waals surface area contributed by atoms with Gasteiger partial charge in [-0.05, 0) is 42.5 Å². The van der Waals surface area contributed by atoms with Crippen LogP contribution in [0.25, 0.3) is 16.9 Å². The highest BCUT2D eigenvalue weighted by Crippen LogP contribution is 2.29. The fraction of sp³-hybridized carbons (Fsp3) is 0.143. The van der Waals surface area contributed by atoms with Gasteiger partial charge in [-0.2, -0.15) is 0 Å². The van der Waals surface area contributed by atoms with Crippen molar-refractivity contribution in [1.82, 2.24) is 14.7 Å². The summed E-state index contributed by atoms with van der Waals surface area (Å²) in [6, 6.07) is 12.7. The largest absolute Gasteiger partial charge is 0.495 e. The van der Waals surface area contributed by atoms with Gasteiger partial charge in [0.25, 0.3) is 5.91 Å². The molecule has 0 bridgehead atoms. The molecule has 3 heterocycles. The number of ether oxygens (including phenoxy) is 2. The van der Waals surface area contributed by atoms with Gasteiger partial charge in [-0.1, -0.05) is 0 Å². The molecule has 1 aromatic carbocycles. The number of fused-ring (bicyclic) bond motifs is 1. The monoisotopic (exact) mass is 392 g/mol. The van der Waals surface area contributed by atoms with Crippen molar-refractivity contribution in [3.63, 3.8) is 0 Å².